The fourth-order valence-corrected chi connectivity index (χ4v) is 4.32. The predicted molar refractivity (Wildman–Crippen MR) is 108 cm³/mol. The van der Waals surface area contributed by atoms with Crippen molar-refractivity contribution in [3.63, 3.8) is 0 Å². The summed E-state index contributed by atoms with van der Waals surface area (Å²) in [6.07, 6.45) is 2.52. The molecule has 1 unspecified atom stereocenters. The van der Waals surface area contributed by atoms with Crippen LogP contribution in [0.3, 0.4) is 0 Å². The largest absolute Gasteiger partial charge is 0.368 e. The normalized spacial score (nSPS) is 21.2. The van der Waals surface area contributed by atoms with Gasteiger partial charge >= 0.3 is 0 Å². The molecule has 2 saturated heterocycles. The summed E-state index contributed by atoms with van der Waals surface area (Å²) in [5, 5.41) is 6.78. The van der Waals surface area contributed by atoms with Gasteiger partial charge in [-0.05, 0) is 12.8 Å². The van der Waals surface area contributed by atoms with Crippen LogP contribution in [0.5, 0.6) is 0 Å². The van der Waals surface area contributed by atoms with Crippen molar-refractivity contribution in [2.24, 2.45) is 4.99 Å². The van der Waals surface area contributed by atoms with Crippen LogP contribution in [0.2, 0.25) is 0 Å². The first-order valence-corrected chi connectivity index (χ1v) is 10.8. The minimum atomic E-state index is -0.220. The molecule has 1 aromatic heterocycles. The molecule has 0 bridgehead atoms. The molecule has 1 N–H and O–H groups in total. The van der Waals surface area contributed by atoms with Crippen molar-refractivity contribution in [3.05, 3.63) is 16.1 Å². The van der Waals surface area contributed by atoms with Crippen LogP contribution in [-0.2, 0) is 16.0 Å². The summed E-state index contributed by atoms with van der Waals surface area (Å²) in [6.45, 7) is 8.91. The van der Waals surface area contributed by atoms with Crippen molar-refractivity contribution < 1.29 is 9.53 Å². The Morgan fingerprint density at radius 3 is 2.70 bits per heavy atom. The number of aromatic nitrogens is 1. The molecule has 0 radical (unpaired) electrons. The lowest BCUT2D eigenvalue weighted by molar-refractivity contribution is -0.142. The number of amides is 1. The Hall–Kier alpha value is -1.67. The van der Waals surface area contributed by atoms with Crippen LogP contribution in [0, 0.1) is 0 Å². The number of hydrogen-bond donors (Lipinski definition) is 1. The first-order chi connectivity index (χ1) is 13.1. The van der Waals surface area contributed by atoms with Crippen molar-refractivity contribution in [1.82, 2.24) is 20.1 Å². The number of carbonyl (C=O) groups is 1. The van der Waals surface area contributed by atoms with E-state index >= 15 is 0 Å². The Morgan fingerprint density at radius 1 is 1.37 bits per heavy atom. The van der Waals surface area contributed by atoms with Gasteiger partial charge in [-0.25, -0.2) is 4.98 Å². The lowest BCUT2D eigenvalue weighted by Gasteiger charge is -2.37. The van der Waals surface area contributed by atoms with Gasteiger partial charge in [0.25, 0.3) is 5.91 Å². The van der Waals surface area contributed by atoms with E-state index in [4.69, 9.17) is 4.74 Å². The van der Waals surface area contributed by atoms with Crippen molar-refractivity contribution in [3.8, 4) is 0 Å². The zero-order valence-corrected chi connectivity index (χ0v) is 17.4. The average molecular weight is 394 g/mol. The monoisotopic (exact) mass is 393 g/mol. The minimum absolute atomic E-state index is 0.152. The quantitative estimate of drug-likeness (QED) is 0.609. The Morgan fingerprint density at radius 2 is 2.11 bits per heavy atom. The number of hydrogen-bond acceptors (Lipinski definition) is 5. The van der Waals surface area contributed by atoms with Gasteiger partial charge in [-0.15, -0.1) is 11.3 Å². The highest BCUT2D eigenvalue weighted by Gasteiger charge is 2.30. The zero-order chi connectivity index (χ0) is 19.2. The van der Waals surface area contributed by atoms with Gasteiger partial charge in [0.1, 0.15) is 6.10 Å². The van der Waals surface area contributed by atoms with E-state index in [1.165, 1.54) is 5.01 Å². The van der Waals surface area contributed by atoms with Gasteiger partial charge in [0.05, 0.1) is 10.7 Å². The van der Waals surface area contributed by atoms with Crippen LogP contribution in [0.25, 0.3) is 0 Å². The lowest BCUT2D eigenvalue weighted by atomic mass is 10.2. The van der Waals surface area contributed by atoms with E-state index in [0.717, 1.165) is 63.6 Å². The topological polar surface area (TPSA) is 70.1 Å². The third-order valence-corrected chi connectivity index (χ3v) is 6.23. The number of thiazole rings is 1. The van der Waals surface area contributed by atoms with E-state index in [1.807, 2.05) is 11.9 Å². The maximum absolute atomic E-state index is 12.5. The van der Waals surface area contributed by atoms with Crippen LogP contribution in [0.4, 0.5) is 0 Å². The van der Waals surface area contributed by atoms with Gasteiger partial charge in [-0.1, -0.05) is 13.8 Å². The fourth-order valence-electron chi connectivity index (χ4n) is 3.45. The zero-order valence-electron chi connectivity index (χ0n) is 16.6. The fraction of sp³-hybridized carbons (Fsp3) is 0.737. The summed E-state index contributed by atoms with van der Waals surface area (Å²) < 4.78 is 5.53. The van der Waals surface area contributed by atoms with E-state index in [9.17, 15) is 4.79 Å². The number of piperazine rings is 1. The second-order valence-electron chi connectivity index (χ2n) is 7.37. The van der Waals surface area contributed by atoms with E-state index in [2.05, 4.69) is 39.4 Å². The Kier molecular flexibility index (Phi) is 7.07. The summed E-state index contributed by atoms with van der Waals surface area (Å²) in [5.41, 5.74) is 1.14. The van der Waals surface area contributed by atoms with Crippen LogP contribution >= 0.6 is 11.3 Å². The molecule has 8 heteroatoms. The highest BCUT2D eigenvalue weighted by Crippen LogP contribution is 2.19. The molecule has 1 aromatic rings. The molecule has 2 aliphatic heterocycles. The van der Waals surface area contributed by atoms with Crippen LogP contribution in [0.1, 0.15) is 43.3 Å². The Balaban J connectivity index is 1.42. The third-order valence-electron chi connectivity index (χ3n) is 5.04. The minimum Gasteiger partial charge on any atom is -0.368 e. The molecule has 0 spiro atoms. The van der Waals surface area contributed by atoms with E-state index in [0.29, 0.717) is 12.5 Å². The molecule has 0 saturated carbocycles. The summed E-state index contributed by atoms with van der Waals surface area (Å²) in [5.74, 6) is 1.54. The molecule has 27 heavy (non-hydrogen) atoms. The molecule has 3 rings (SSSR count). The summed E-state index contributed by atoms with van der Waals surface area (Å²) in [4.78, 5) is 25.7. The first kappa shape index (κ1) is 20.1. The molecule has 7 nitrogen and oxygen atoms in total. The molecule has 2 aliphatic rings. The molecular formula is C19H31N5O2S. The van der Waals surface area contributed by atoms with Gasteiger partial charge in [-0.2, -0.15) is 0 Å². The number of guanidine groups is 1. The van der Waals surface area contributed by atoms with Crippen LogP contribution in [-0.4, -0.2) is 79.1 Å². The SMILES string of the molecule is CN=C(NCCc1csc(C(C)C)n1)N1CCN(C(=O)C2CCCO2)CC1. The van der Waals surface area contributed by atoms with Crippen molar-refractivity contribution in [2.75, 3.05) is 46.4 Å². The van der Waals surface area contributed by atoms with Gasteiger partial charge in [-0.3, -0.25) is 9.79 Å². The van der Waals surface area contributed by atoms with Gasteiger partial charge in [0, 0.05) is 64.1 Å². The molecule has 150 valence electrons. The highest BCUT2D eigenvalue weighted by atomic mass is 32.1. The smallest absolute Gasteiger partial charge is 0.251 e. The maximum atomic E-state index is 12.5. The second-order valence-corrected chi connectivity index (χ2v) is 8.26. The molecule has 1 amide bonds. The molecular weight excluding hydrogens is 362 g/mol. The summed E-state index contributed by atoms with van der Waals surface area (Å²) >= 11 is 1.74. The Labute approximate surface area is 165 Å². The highest BCUT2D eigenvalue weighted by molar-refractivity contribution is 7.09. The molecule has 0 aromatic carbocycles. The average Bonchev–Trinajstić information content (AvgIpc) is 3.37. The molecule has 2 fully saturated rings. The second kappa shape index (κ2) is 9.50. The van der Waals surface area contributed by atoms with Crippen LogP contribution in [0.15, 0.2) is 10.4 Å². The third kappa shape index (κ3) is 5.19. The van der Waals surface area contributed by atoms with E-state index < -0.39 is 0 Å². The van der Waals surface area contributed by atoms with Crippen molar-refractivity contribution >= 4 is 23.2 Å². The first-order valence-electron chi connectivity index (χ1n) is 9.88. The number of rotatable bonds is 5. The van der Waals surface area contributed by atoms with Gasteiger partial charge in [0.15, 0.2) is 5.96 Å². The number of aliphatic imine (C=N–C) groups is 1. The summed E-state index contributed by atoms with van der Waals surface area (Å²) in [6, 6.07) is 0. The van der Waals surface area contributed by atoms with Gasteiger partial charge < -0.3 is 19.9 Å². The number of nitrogens with one attached hydrogen (secondary N) is 1. The maximum Gasteiger partial charge on any atom is 0.251 e. The predicted octanol–water partition coefficient (Wildman–Crippen LogP) is 1.71. The standard InChI is InChI=1S/C19H31N5O2S/c1-14(2)17-22-15(13-27-17)6-7-21-19(20-3)24-10-8-23(9-11-24)18(25)16-5-4-12-26-16/h13-14,16H,4-12H2,1-3H3,(H,20,21). The Bertz CT molecular complexity index is 646. The van der Waals surface area contributed by atoms with E-state index in [-0.39, 0.29) is 12.0 Å². The number of carbonyl (C=O) groups excluding carboxylic acids is 1. The van der Waals surface area contributed by atoms with Crippen molar-refractivity contribution in [2.45, 2.75) is 45.1 Å². The molecule has 3 heterocycles. The van der Waals surface area contributed by atoms with Crippen LogP contribution < -0.4 is 5.32 Å². The van der Waals surface area contributed by atoms with Crippen molar-refractivity contribution in [1.29, 1.82) is 0 Å². The number of nitrogens with zero attached hydrogens (tertiary/aromatic N) is 4. The van der Waals surface area contributed by atoms with Gasteiger partial charge in [0.2, 0.25) is 0 Å². The molecule has 1 atom stereocenters. The number of ether oxygens (including phenoxy) is 1. The lowest BCUT2D eigenvalue weighted by Crippen LogP contribution is -2.55. The molecule has 0 aliphatic carbocycles. The van der Waals surface area contributed by atoms with E-state index in [1.54, 1.807) is 11.3 Å². The summed E-state index contributed by atoms with van der Waals surface area (Å²) in [7, 11) is 1.81.